The fourth-order valence-corrected chi connectivity index (χ4v) is 11.0. The van der Waals surface area contributed by atoms with Gasteiger partial charge in [-0.05, 0) is 18.9 Å². The average molecular weight is 500 g/mol. The lowest BCUT2D eigenvalue weighted by molar-refractivity contribution is -0.320. The number of hydrogen-bond donors (Lipinski definition) is 5. The van der Waals surface area contributed by atoms with E-state index in [4.69, 9.17) is 18.9 Å². The van der Waals surface area contributed by atoms with E-state index in [1.807, 2.05) is 0 Å². The molecule has 2 unspecified atom stereocenters. The number of rotatable bonds is 6. The largest absolute Gasteiger partial charge is 0.392 e. The van der Waals surface area contributed by atoms with Crippen LogP contribution in [0.25, 0.3) is 0 Å². The lowest BCUT2D eigenvalue weighted by Gasteiger charge is -2.70. The minimum Gasteiger partial charge on any atom is -0.392 e. The number of methoxy groups -OCH3 is 4. The van der Waals surface area contributed by atoms with Crippen molar-refractivity contribution < 1.29 is 44.5 Å². The number of fused-ring (bicyclic) bond motifs is 2. The van der Waals surface area contributed by atoms with Gasteiger partial charge in [0.1, 0.15) is 23.4 Å². The Morgan fingerprint density at radius 2 is 1.66 bits per heavy atom. The van der Waals surface area contributed by atoms with Gasteiger partial charge in [0, 0.05) is 76.0 Å². The molecule has 6 rings (SSSR count). The van der Waals surface area contributed by atoms with Gasteiger partial charge in [-0.15, -0.1) is 0 Å². The van der Waals surface area contributed by atoms with Crippen molar-refractivity contribution in [1.82, 2.24) is 4.90 Å². The SMILES string of the molecule is CCN1C[C@]2(COC)[C@H](O)C[C@H](OC)[C@@]34[C@@H]5C[C@@]6(O)[C@H](O)[C@@H]5[C@@](O)(C(C(OC)[C@H]23)[C@@H]14)[C@@H](O)[C@@H]6OC. The third kappa shape index (κ3) is 2.35. The van der Waals surface area contributed by atoms with Crippen molar-refractivity contribution in [2.45, 2.75) is 73.6 Å². The van der Waals surface area contributed by atoms with Crippen molar-refractivity contribution in [3.8, 4) is 0 Å². The van der Waals surface area contributed by atoms with E-state index in [-0.39, 0.29) is 18.4 Å². The Morgan fingerprint density at radius 3 is 2.23 bits per heavy atom. The van der Waals surface area contributed by atoms with Gasteiger partial charge in [-0.25, -0.2) is 0 Å². The van der Waals surface area contributed by atoms with Gasteiger partial charge in [0.2, 0.25) is 0 Å². The van der Waals surface area contributed by atoms with Crippen LogP contribution in [0.5, 0.6) is 0 Å². The zero-order valence-electron chi connectivity index (χ0n) is 21.2. The maximum absolute atomic E-state index is 12.6. The Morgan fingerprint density at radius 1 is 0.943 bits per heavy atom. The van der Waals surface area contributed by atoms with Gasteiger partial charge in [-0.3, -0.25) is 4.90 Å². The van der Waals surface area contributed by atoms with E-state index < -0.39 is 76.4 Å². The molecule has 200 valence electrons. The van der Waals surface area contributed by atoms with Crippen LogP contribution in [0.3, 0.4) is 0 Å². The van der Waals surface area contributed by atoms with Crippen molar-refractivity contribution in [1.29, 1.82) is 0 Å². The van der Waals surface area contributed by atoms with E-state index in [1.54, 1.807) is 21.3 Å². The zero-order valence-corrected chi connectivity index (χ0v) is 21.2. The van der Waals surface area contributed by atoms with Crippen LogP contribution in [-0.2, 0) is 18.9 Å². The molecule has 1 heterocycles. The van der Waals surface area contributed by atoms with E-state index in [9.17, 15) is 25.5 Å². The van der Waals surface area contributed by atoms with E-state index >= 15 is 0 Å². The summed E-state index contributed by atoms with van der Waals surface area (Å²) in [4.78, 5) is 2.29. The smallest absolute Gasteiger partial charge is 0.120 e. The molecular weight excluding hydrogens is 458 g/mol. The lowest BCUT2D eigenvalue weighted by Crippen LogP contribution is -2.81. The summed E-state index contributed by atoms with van der Waals surface area (Å²) in [6.07, 6.45) is -4.95. The first kappa shape index (κ1) is 24.9. The molecule has 1 saturated heterocycles. The second-order valence-electron chi connectivity index (χ2n) is 12.1. The van der Waals surface area contributed by atoms with Gasteiger partial charge in [0.15, 0.2) is 0 Å². The molecule has 5 N–H and O–H groups in total. The Hall–Kier alpha value is -0.400. The minimum atomic E-state index is -1.76. The predicted octanol–water partition coefficient (Wildman–Crippen LogP) is -1.79. The maximum atomic E-state index is 12.6. The standard InChI is InChI=1S/C25H41NO9/c1-6-26-9-22(10-32-2)12(27)7-13(33-3)24-11-8-23(30)19(28)14(11)25(31,20(29)21(23)35-5)15(18(24)26)16(34-4)17(22)24/h11-21,27-31H,6-10H2,1-5H3/t11-,12-,13+,14-,15?,16?,17-,18-,19-,20+,21+,22+,23-,24+,25-/m1/s1. The van der Waals surface area contributed by atoms with Gasteiger partial charge in [0.25, 0.3) is 0 Å². The molecule has 1 spiro atoms. The molecule has 10 heteroatoms. The minimum absolute atomic E-state index is 0.156. The molecule has 0 amide bonds. The van der Waals surface area contributed by atoms with E-state index in [1.165, 1.54) is 7.11 Å². The number of aliphatic hydroxyl groups is 5. The first-order chi connectivity index (χ1) is 16.6. The Balaban J connectivity index is 1.68. The summed E-state index contributed by atoms with van der Waals surface area (Å²) in [5.41, 5.74) is -4.81. The Kier molecular flexibility index (Phi) is 5.40. The third-order valence-electron chi connectivity index (χ3n) is 11.7. The number of aliphatic hydroxyl groups excluding tert-OH is 3. The average Bonchev–Trinajstić information content (AvgIpc) is 3.19. The summed E-state index contributed by atoms with van der Waals surface area (Å²) in [6, 6.07) is -0.240. The number of ether oxygens (including phenoxy) is 4. The fraction of sp³-hybridized carbons (Fsp3) is 1.00. The van der Waals surface area contributed by atoms with Crippen LogP contribution in [0.4, 0.5) is 0 Å². The second kappa shape index (κ2) is 7.59. The lowest BCUT2D eigenvalue weighted by atomic mass is 9.42. The molecule has 0 aromatic heterocycles. The summed E-state index contributed by atoms with van der Waals surface area (Å²) in [5.74, 6) is -2.04. The van der Waals surface area contributed by atoms with Crippen LogP contribution >= 0.6 is 0 Å². The first-order valence-electron chi connectivity index (χ1n) is 12.9. The summed E-state index contributed by atoms with van der Waals surface area (Å²) in [6.45, 7) is 3.58. The van der Waals surface area contributed by atoms with E-state index in [2.05, 4.69) is 11.8 Å². The highest BCUT2D eigenvalue weighted by atomic mass is 16.5. The normalized spacial score (nSPS) is 62.4. The highest BCUT2D eigenvalue weighted by molar-refractivity contribution is 5.39. The molecule has 6 aliphatic rings. The molecular formula is C25H41NO9. The molecule has 35 heavy (non-hydrogen) atoms. The number of hydrogen-bond acceptors (Lipinski definition) is 10. The Labute approximate surface area is 206 Å². The Bertz CT molecular complexity index is 878. The van der Waals surface area contributed by atoms with Gasteiger partial charge >= 0.3 is 0 Å². The second-order valence-corrected chi connectivity index (χ2v) is 12.1. The molecule has 5 aliphatic carbocycles. The van der Waals surface area contributed by atoms with Crippen LogP contribution in [0.15, 0.2) is 0 Å². The van der Waals surface area contributed by atoms with Crippen LogP contribution in [0.2, 0.25) is 0 Å². The molecule has 15 atom stereocenters. The monoisotopic (exact) mass is 499 g/mol. The molecule has 0 radical (unpaired) electrons. The van der Waals surface area contributed by atoms with Crippen LogP contribution < -0.4 is 0 Å². The van der Waals surface area contributed by atoms with E-state index in [0.717, 1.165) is 0 Å². The third-order valence-corrected chi connectivity index (χ3v) is 11.7. The highest BCUT2D eigenvalue weighted by Gasteiger charge is 2.90. The van der Waals surface area contributed by atoms with E-state index in [0.29, 0.717) is 26.1 Å². The zero-order chi connectivity index (χ0) is 25.3. The predicted molar refractivity (Wildman–Crippen MR) is 121 cm³/mol. The topological polar surface area (TPSA) is 141 Å². The maximum Gasteiger partial charge on any atom is 0.120 e. The van der Waals surface area contributed by atoms with Crippen molar-refractivity contribution in [3.05, 3.63) is 0 Å². The molecule has 5 saturated carbocycles. The van der Waals surface area contributed by atoms with Crippen molar-refractivity contribution in [3.63, 3.8) is 0 Å². The number of nitrogens with zero attached hydrogens (tertiary/aromatic N) is 1. The molecule has 0 aromatic carbocycles. The fourth-order valence-electron chi connectivity index (χ4n) is 11.0. The van der Waals surface area contributed by atoms with Gasteiger partial charge in [0.05, 0.1) is 31.0 Å². The molecule has 6 fully saturated rings. The van der Waals surface area contributed by atoms with Crippen LogP contribution in [0, 0.1) is 34.5 Å². The van der Waals surface area contributed by atoms with Crippen molar-refractivity contribution in [2.24, 2.45) is 34.5 Å². The summed E-state index contributed by atoms with van der Waals surface area (Å²) >= 11 is 0. The first-order valence-corrected chi connectivity index (χ1v) is 12.9. The highest BCUT2D eigenvalue weighted by Crippen LogP contribution is 2.79. The summed E-state index contributed by atoms with van der Waals surface area (Å²) in [5, 5.41) is 59.3. The molecule has 1 aliphatic heterocycles. The number of piperidine rings is 1. The quantitative estimate of drug-likeness (QED) is 0.285. The van der Waals surface area contributed by atoms with Gasteiger partial charge in [-0.1, -0.05) is 6.92 Å². The summed E-state index contributed by atoms with van der Waals surface area (Å²) in [7, 11) is 6.29. The molecule has 10 nitrogen and oxygen atoms in total. The van der Waals surface area contributed by atoms with Gasteiger partial charge < -0.3 is 44.5 Å². The molecule has 7 bridgehead atoms. The van der Waals surface area contributed by atoms with Gasteiger partial charge in [-0.2, -0.15) is 0 Å². The van der Waals surface area contributed by atoms with Crippen molar-refractivity contribution in [2.75, 3.05) is 48.1 Å². The van der Waals surface area contributed by atoms with Crippen LogP contribution in [-0.4, -0.2) is 132 Å². The number of likely N-dealkylation sites (tertiary alicyclic amines) is 1. The molecule has 0 aromatic rings. The summed E-state index contributed by atoms with van der Waals surface area (Å²) < 4.78 is 23.7. The van der Waals surface area contributed by atoms with Crippen LogP contribution in [0.1, 0.15) is 19.8 Å². The van der Waals surface area contributed by atoms with Crippen molar-refractivity contribution >= 4 is 0 Å².